The first kappa shape index (κ1) is 21.8. The van der Waals surface area contributed by atoms with E-state index < -0.39 is 15.4 Å². The summed E-state index contributed by atoms with van der Waals surface area (Å²) in [6.45, 7) is 0. The maximum atomic E-state index is 15.0. The van der Waals surface area contributed by atoms with Crippen molar-refractivity contribution in [3.8, 4) is 0 Å². The van der Waals surface area contributed by atoms with Crippen LogP contribution in [-0.4, -0.2) is 28.5 Å². The normalized spacial score (nSPS) is 17.3. The number of benzene rings is 3. The van der Waals surface area contributed by atoms with Gasteiger partial charge in [0.25, 0.3) is 0 Å². The van der Waals surface area contributed by atoms with Crippen molar-refractivity contribution in [2.75, 3.05) is 14.1 Å². The molecule has 0 bridgehead atoms. The van der Waals surface area contributed by atoms with Crippen molar-refractivity contribution >= 4 is 9.73 Å². The summed E-state index contributed by atoms with van der Waals surface area (Å²) in [5.74, 6) is 0. The molecule has 4 rings (SSSR count). The van der Waals surface area contributed by atoms with Gasteiger partial charge in [-0.1, -0.05) is 98.1 Å². The lowest BCUT2D eigenvalue weighted by Crippen LogP contribution is -2.43. The zero-order valence-electron chi connectivity index (χ0n) is 18.5. The van der Waals surface area contributed by atoms with Crippen LogP contribution in [0.15, 0.2) is 100 Å². The van der Waals surface area contributed by atoms with Gasteiger partial charge in [-0.25, -0.2) is 4.21 Å². The molecule has 0 heterocycles. The van der Waals surface area contributed by atoms with E-state index in [1.807, 2.05) is 80.8 Å². The van der Waals surface area contributed by atoms with E-state index in [4.69, 9.17) is 4.36 Å². The SMILES string of the molecule is CN(C)C(N=S(=O)(c1ccccc1)C1CCCCC1)(c1ccccc1)c1ccccc1. The zero-order valence-corrected chi connectivity index (χ0v) is 19.3. The molecule has 1 saturated carbocycles. The summed E-state index contributed by atoms with van der Waals surface area (Å²) in [7, 11) is 1.39. The minimum absolute atomic E-state index is 0.0652. The molecule has 1 atom stereocenters. The van der Waals surface area contributed by atoms with Gasteiger partial charge in [0.15, 0.2) is 5.66 Å². The molecule has 1 fully saturated rings. The first-order valence-electron chi connectivity index (χ1n) is 11.2. The third kappa shape index (κ3) is 4.19. The fourth-order valence-electron chi connectivity index (χ4n) is 4.73. The first-order chi connectivity index (χ1) is 15.1. The van der Waals surface area contributed by atoms with Crippen LogP contribution in [0.25, 0.3) is 0 Å². The molecule has 0 spiro atoms. The van der Waals surface area contributed by atoms with Crippen LogP contribution >= 0.6 is 0 Å². The Morgan fingerprint density at radius 3 is 1.65 bits per heavy atom. The molecule has 3 nitrogen and oxygen atoms in total. The van der Waals surface area contributed by atoms with Crippen molar-refractivity contribution in [1.29, 1.82) is 0 Å². The van der Waals surface area contributed by atoms with E-state index in [9.17, 15) is 0 Å². The Balaban J connectivity index is 2.06. The third-order valence-electron chi connectivity index (χ3n) is 6.35. The van der Waals surface area contributed by atoms with Gasteiger partial charge < -0.3 is 0 Å². The third-order valence-corrected chi connectivity index (χ3v) is 9.21. The summed E-state index contributed by atoms with van der Waals surface area (Å²) in [4.78, 5) is 2.96. The van der Waals surface area contributed by atoms with Gasteiger partial charge in [0, 0.05) is 10.1 Å². The van der Waals surface area contributed by atoms with Crippen LogP contribution in [0.4, 0.5) is 0 Å². The van der Waals surface area contributed by atoms with Crippen molar-refractivity contribution in [2.45, 2.75) is 47.9 Å². The Kier molecular flexibility index (Phi) is 6.59. The highest BCUT2D eigenvalue weighted by Crippen LogP contribution is 2.41. The van der Waals surface area contributed by atoms with Gasteiger partial charge in [-0.2, -0.15) is 4.36 Å². The first-order valence-corrected chi connectivity index (χ1v) is 12.8. The van der Waals surface area contributed by atoms with Crippen LogP contribution in [0.1, 0.15) is 43.2 Å². The quantitative estimate of drug-likeness (QED) is 0.457. The van der Waals surface area contributed by atoms with Crippen molar-refractivity contribution in [1.82, 2.24) is 4.90 Å². The molecule has 31 heavy (non-hydrogen) atoms. The largest absolute Gasteiger partial charge is 0.277 e. The van der Waals surface area contributed by atoms with Crippen LogP contribution < -0.4 is 0 Å². The Morgan fingerprint density at radius 1 is 0.742 bits per heavy atom. The Labute approximate surface area is 187 Å². The maximum Gasteiger partial charge on any atom is 0.173 e. The van der Waals surface area contributed by atoms with Gasteiger partial charge in [0.1, 0.15) is 0 Å². The van der Waals surface area contributed by atoms with Crippen molar-refractivity contribution in [2.24, 2.45) is 4.36 Å². The second kappa shape index (κ2) is 9.37. The predicted molar refractivity (Wildman–Crippen MR) is 130 cm³/mol. The summed E-state index contributed by atoms with van der Waals surface area (Å²) < 4.78 is 20.4. The smallest absolute Gasteiger partial charge is 0.173 e. The second-order valence-corrected chi connectivity index (χ2v) is 11.0. The molecule has 0 aromatic heterocycles. The number of rotatable bonds is 6. The van der Waals surface area contributed by atoms with Crippen LogP contribution in [0.2, 0.25) is 0 Å². The summed E-state index contributed by atoms with van der Waals surface area (Å²) in [6.07, 6.45) is 5.39. The minimum Gasteiger partial charge on any atom is -0.277 e. The van der Waals surface area contributed by atoms with Crippen LogP contribution in [0.3, 0.4) is 0 Å². The average molecular weight is 433 g/mol. The lowest BCUT2D eigenvalue weighted by Gasteiger charge is -2.39. The molecular formula is C27H32N2OS. The zero-order chi connectivity index (χ0) is 21.7. The fourth-order valence-corrected chi connectivity index (χ4v) is 7.65. The summed E-state index contributed by atoms with van der Waals surface area (Å²) >= 11 is 0. The molecular weight excluding hydrogens is 400 g/mol. The lowest BCUT2D eigenvalue weighted by molar-refractivity contribution is 0.212. The molecule has 1 aliphatic rings. The van der Waals surface area contributed by atoms with Crippen LogP contribution in [0.5, 0.6) is 0 Å². The predicted octanol–water partition coefficient (Wildman–Crippen LogP) is 6.31. The lowest BCUT2D eigenvalue weighted by atomic mass is 9.91. The van der Waals surface area contributed by atoms with E-state index in [2.05, 4.69) is 29.2 Å². The van der Waals surface area contributed by atoms with E-state index >= 15 is 4.21 Å². The highest BCUT2D eigenvalue weighted by molar-refractivity contribution is 7.94. The van der Waals surface area contributed by atoms with E-state index in [-0.39, 0.29) is 5.25 Å². The molecule has 0 radical (unpaired) electrons. The molecule has 3 aromatic carbocycles. The molecule has 0 N–H and O–H groups in total. The summed E-state index contributed by atoms with van der Waals surface area (Å²) in [6, 6.07) is 30.5. The Morgan fingerprint density at radius 2 is 1.19 bits per heavy atom. The summed E-state index contributed by atoms with van der Waals surface area (Å²) in [5.41, 5.74) is 1.23. The van der Waals surface area contributed by atoms with Gasteiger partial charge in [0.2, 0.25) is 0 Å². The minimum atomic E-state index is -2.69. The highest BCUT2D eigenvalue weighted by Gasteiger charge is 2.40. The van der Waals surface area contributed by atoms with Gasteiger partial charge in [0.05, 0.1) is 9.73 Å². The van der Waals surface area contributed by atoms with Crippen molar-refractivity contribution < 1.29 is 4.21 Å². The second-order valence-electron chi connectivity index (χ2n) is 8.53. The van der Waals surface area contributed by atoms with Crippen LogP contribution in [0, 0.1) is 0 Å². The molecule has 3 aromatic rings. The van der Waals surface area contributed by atoms with E-state index in [0.717, 1.165) is 41.7 Å². The van der Waals surface area contributed by atoms with Gasteiger partial charge >= 0.3 is 0 Å². The van der Waals surface area contributed by atoms with Crippen molar-refractivity contribution in [3.63, 3.8) is 0 Å². The topological polar surface area (TPSA) is 32.7 Å². The fraction of sp³-hybridized carbons (Fsp3) is 0.333. The van der Waals surface area contributed by atoms with Gasteiger partial charge in [-0.15, -0.1) is 0 Å². The standard InChI is InChI=1S/C27H32N2OS/c1-29(2)27(23-15-7-3-8-16-23,24-17-9-4-10-18-24)28-31(30,25-19-11-5-12-20-25)26-21-13-6-14-22-26/h3-5,7-12,15-20,26H,6,13-14,21-22H2,1-2H3. The van der Waals surface area contributed by atoms with Crippen LogP contribution in [-0.2, 0) is 15.4 Å². The molecule has 0 saturated heterocycles. The van der Waals surface area contributed by atoms with E-state index in [0.29, 0.717) is 0 Å². The average Bonchev–Trinajstić information content (AvgIpc) is 2.84. The molecule has 0 aliphatic heterocycles. The number of nitrogens with zero attached hydrogens (tertiary/aromatic N) is 2. The Hall–Kier alpha value is -2.43. The molecule has 162 valence electrons. The molecule has 4 heteroatoms. The summed E-state index contributed by atoms with van der Waals surface area (Å²) in [5, 5.41) is 0.0652. The number of hydrogen-bond donors (Lipinski definition) is 0. The monoisotopic (exact) mass is 432 g/mol. The highest BCUT2D eigenvalue weighted by atomic mass is 32.2. The van der Waals surface area contributed by atoms with Crippen molar-refractivity contribution in [3.05, 3.63) is 102 Å². The molecule has 0 amide bonds. The Bertz CT molecular complexity index is 1040. The van der Waals surface area contributed by atoms with E-state index in [1.54, 1.807) is 0 Å². The molecule has 1 aliphatic carbocycles. The molecule has 1 unspecified atom stereocenters. The number of hydrogen-bond acceptors (Lipinski definition) is 3. The maximum absolute atomic E-state index is 15.0. The van der Waals surface area contributed by atoms with Gasteiger partial charge in [-0.05, 0) is 50.2 Å². The van der Waals surface area contributed by atoms with E-state index in [1.165, 1.54) is 6.42 Å². The van der Waals surface area contributed by atoms with Gasteiger partial charge in [-0.3, -0.25) is 4.90 Å².